The number of nitro benzene ring substituents is 2. The molecule has 192 valence electrons. The first-order valence-electron chi connectivity index (χ1n) is 11.9. The number of hydrogen-bond donors (Lipinski definition) is 1. The molecule has 0 aliphatic rings. The molecule has 2 aromatic carbocycles. The van der Waals surface area contributed by atoms with Gasteiger partial charge in [-0.05, 0) is 37.1 Å². The molecule has 0 fully saturated rings. The van der Waals surface area contributed by atoms with Crippen molar-refractivity contribution in [2.45, 2.75) is 64.3 Å². The van der Waals surface area contributed by atoms with Gasteiger partial charge in [-0.25, -0.2) is 0 Å². The number of ether oxygens (including phenoxy) is 2. The van der Waals surface area contributed by atoms with Crippen molar-refractivity contribution in [2.24, 2.45) is 0 Å². The fourth-order valence-electron chi connectivity index (χ4n) is 4.26. The van der Waals surface area contributed by atoms with E-state index in [9.17, 15) is 20.2 Å². The molecule has 0 radical (unpaired) electrons. The Kier molecular flexibility index (Phi) is 11.2. The van der Waals surface area contributed by atoms with Crippen LogP contribution in [0.1, 0.15) is 24.0 Å². The van der Waals surface area contributed by atoms with E-state index >= 15 is 0 Å². The largest absolute Gasteiger partial charge is 0.377 e. The van der Waals surface area contributed by atoms with E-state index in [1.54, 1.807) is 36.4 Å². The second kappa shape index (κ2) is 13.6. The van der Waals surface area contributed by atoms with Gasteiger partial charge in [0.15, 0.2) is 0 Å². The van der Waals surface area contributed by atoms with Crippen molar-refractivity contribution in [1.29, 1.82) is 0 Å². The van der Waals surface area contributed by atoms with Gasteiger partial charge >= 0.3 is 0 Å². The van der Waals surface area contributed by atoms with Crippen LogP contribution in [0.2, 0.25) is 38.3 Å². The predicted molar refractivity (Wildman–Crippen MR) is 142 cm³/mol. The Balaban J connectivity index is 1.67. The number of nitrogens with one attached hydrogen (secondary N) is 1. The van der Waals surface area contributed by atoms with Crippen molar-refractivity contribution in [1.82, 2.24) is 4.65 Å². The van der Waals surface area contributed by atoms with Crippen molar-refractivity contribution < 1.29 is 19.3 Å². The van der Waals surface area contributed by atoms with Crippen molar-refractivity contribution in [2.75, 3.05) is 13.2 Å². The minimum atomic E-state index is -1.63. The summed E-state index contributed by atoms with van der Waals surface area (Å²) in [6, 6.07) is 15.5. The first-order valence-corrected chi connectivity index (χ1v) is 18.3. The molecule has 2 rings (SSSR count). The number of hydrogen-bond acceptors (Lipinski definition) is 7. The van der Waals surface area contributed by atoms with Crippen LogP contribution >= 0.6 is 0 Å². The number of benzene rings is 2. The highest BCUT2D eigenvalue weighted by molar-refractivity contribution is 6.91. The van der Waals surface area contributed by atoms with Crippen molar-refractivity contribution in [3.8, 4) is 0 Å². The maximum absolute atomic E-state index is 11.1. The minimum absolute atomic E-state index is 0.0996. The first kappa shape index (κ1) is 28.8. The van der Waals surface area contributed by atoms with E-state index in [2.05, 4.69) is 30.8 Å². The normalized spacial score (nSPS) is 12.0. The molecule has 1 N–H and O–H groups in total. The Labute approximate surface area is 209 Å². The summed E-state index contributed by atoms with van der Waals surface area (Å²) >= 11 is 0. The highest BCUT2D eigenvalue weighted by atomic mass is 28.4. The van der Waals surface area contributed by atoms with E-state index in [-0.39, 0.29) is 34.4 Å². The Morgan fingerprint density at radius 1 is 0.714 bits per heavy atom. The van der Waals surface area contributed by atoms with Gasteiger partial charge in [0.2, 0.25) is 0 Å². The van der Waals surface area contributed by atoms with Crippen molar-refractivity contribution in [3.63, 3.8) is 0 Å². The van der Waals surface area contributed by atoms with Gasteiger partial charge in [0.1, 0.15) is 16.5 Å². The van der Waals surface area contributed by atoms with Crippen LogP contribution in [-0.2, 0) is 22.7 Å². The van der Waals surface area contributed by atoms with E-state index in [0.29, 0.717) is 24.3 Å². The first-order chi connectivity index (χ1) is 16.5. The summed E-state index contributed by atoms with van der Waals surface area (Å²) in [5.41, 5.74) is 1.40. The predicted octanol–water partition coefficient (Wildman–Crippen LogP) is 6.02. The second-order valence-electron chi connectivity index (χ2n) is 9.98. The molecule has 0 spiro atoms. The zero-order valence-corrected chi connectivity index (χ0v) is 23.1. The summed E-state index contributed by atoms with van der Waals surface area (Å²) in [7, 11) is -3.26. The van der Waals surface area contributed by atoms with E-state index in [4.69, 9.17) is 9.47 Å². The van der Waals surface area contributed by atoms with Crippen LogP contribution in [0.25, 0.3) is 0 Å². The fourth-order valence-corrected chi connectivity index (χ4v) is 14.6. The Bertz CT molecular complexity index is 910. The summed E-state index contributed by atoms with van der Waals surface area (Å²) in [5, 5.41) is 22.2. The van der Waals surface area contributed by atoms with Crippen LogP contribution in [0.5, 0.6) is 0 Å². The molecule has 11 heteroatoms. The van der Waals surface area contributed by atoms with Crippen LogP contribution in [0.15, 0.2) is 48.5 Å². The molecule has 0 aliphatic carbocycles. The monoisotopic (exact) mass is 519 g/mol. The molecule has 0 aromatic heterocycles. The Morgan fingerprint density at radius 2 is 1.09 bits per heavy atom. The number of para-hydroxylation sites is 2. The summed E-state index contributed by atoms with van der Waals surface area (Å²) in [6.07, 6.45) is 1.83. The average Bonchev–Trinajstić information content (AvgIpc) is 2.78. The molecule has 0 bridgehead atoms. The lowest BCUT2D eigenvalue weighted by atomic mass is 10.2. The SMILES string of the molecule is C[Si](C)(CCCOCc1ccccc1[N+](=O)[O-])N[Si](C)(C)CCCOCc1ccccc1[N+](=O)[O-]. The third-order valence-electron chi connectivity index (χ3n) is 5.75. The van der Waals surface area contributed by atoms with Crippen molar-refractivity contribution in [3.05, 3.63) is 79.9 Å². The van der Waals surface area contributed by atoms with Crippen LogP contribution in [0.3, 0.4) is 0 Å². The van der Waals surface area contributed by atoms with Gasteiger partial charge < -0.3 is 14.1 Å². The summed E-state index contributed by atoms with van der Waals surface area (Å²) in [4.78, 5) is 21.5. The summed E-state index contributed by atoms with van der Waals surface area (Å²) < 4.78 is 15.4. The minimum Gasteiger partial charge on any atom is -0.377 e. The quantitative estimate of drug-likeness (QED) is 0.125. The molecule has 0 saturated carbocycles. The van der Waals surface area contributed by atoms with Gasteiger partial charge in [-0.15, -0.1) is 0 Å². The molecule has 0 atom stereocenters. The van der Waals surface area contributed by atoms with Crippen LogP contribution in [0.4, 0.5) is 11.4 Å². The lowest BCUT2D eigenvalue weighted by Gasteiger charge is -2.35. The average molecular weight is 520 g/mol. The maximum Gasteiger partial charge on any atom is 0.274 e. The molecule has 35 heavy (non-hydrogen) atoms. The van der Waals surface area contributed by atoms with E-state index in [1.165, 1.54) is 12.1 Å². The van der Waals surface area contributed by atoms with Gasteiger partial charge in [0.25, 0.3) is 11.4 Å². The lowest BCUT2D eigenvalue weighted by Crippen LogP contribution is -2.58. The van der Waals surface area contributed by atoms with E-state index in [1.807, 2.05) is 0 Å². The number of rotatable bonds is 16. The van der Waals surface area contributed by atoms with Crippen LogP contribution in [-0.4, -0.2) is 39.5 Å². The highest BCUT2D eigenvalue weighted by Crippen LogP contribution is 2.21. The maximum atomic E-state index is 11.1. The van der Waals surface area contributed by atoms with Crippen LogP contribution < -0.4 is 4.65 Å². The topological polar surface area (TPSA) is 117 Å². The van der Waals surface area contributed by atoms with Gasteiger partial charge in [-0.3, -0.25) is 20.2 Å². The fraction of sp³-hybridized carbons (Fsp3) is 0.500. The molecular weight excluding hydrogens is 482 g/mol. The zero-order valence-electron chi connectivity index (χ0n) is 21.1. The third kappa shape index (κ3) is 10.4. The summed E-state index contributed by atoms with van der Waals surface area (Å²) in [6.45, 7) is 11.0. The smallest absolute Gasteiger partial charge is 0.274 e. The Hall–Kier alpha value is -2.45. The molecule has 9 nitrogen and oxygen atoms in total. The van der Waals surface area contributed by atoms with Gasteiger partial charge in [0, 0.05) is 25.3 Å². The third-order valence-corrected chi connectivity index (χ3v) is 14.4. The standard InChI is InChI=1S/C24H37N3O6Si2/c1-34(2,17-9-15-32-19-21-11-5-7-13-23(21)26(28)29)25-35(3,4)18-10-16-33-20-22-12-6-8-14-24(22)27(30)31/h5-8,11-14,25H,9-10,15-20H2,1-4H3. The second-order valence-corrected chi connectivity index (χ2v) is 19.5. The number of nitro groups is 2. The summed E-state index contributed by atoms with van der Waals surface area (Å²) in [5.74, 6) is 0. The lowest BCUT2D eigenvalue weighted by molar-refractivity contribution is -0.386. The Morgan fingerprint density at radius 3 is 1.46 bits per heavy atom. The van der Waals surface area contributed by atoms with Gasteiger partial charge in [-0.2, -0.15) is 0 Å². The number of nitrogens with zero attached hydrogens (tertiary/aromatic N) is 2. The van der Waals surface area contributed by atoms with E-state index < -0.39 is 16.5 Å². The van der Waals surface area contributed by atoms with Crippen molar-refractivity contribution >= 4 is 27.8 Å². The molecule has 2 aromatic rings. The van der Waals surface area contributed by atoms with Gasteiger partial charge in [0.05, 0.1) is 34.2 Å². The molecule has 0 amide bonds. The molecule has 0 aliphatic heterocycles. The zero-order chi connectivity index (χ0) is 25.9. The highest BCUT2D eigenvalue weighted by Gasteiger charge is 2.30. The molecule has 0 saturated heterocycles. The molecular formula is C24H37N3O6Si2. The van der Waals surface area contributed by atoms with E-state index in [0.717, 1.165) is 24.9 Å². The molecule has 0 heterocycles. The van der Waals surface area contributed by atoms with Crippen LogP contribution in [0, 0.1) is 20.2 Å². The van der Waals surface area contributed by atoms with Gasteiger partial charge in [-0.1, -0.05) is 50.5 Å². The molecule has 0 unspecified atom stereocenters.